The van der Waals surface area contributed by atoms with E-state index in [9.17, 15) is 18.0 Å². The average Bonchev–Trinajstić information content (AvgIpc) is 3.16. The van der Waals surface area contributed by atoms with Gasteiger partial charge in [0.05, 0.1) is 11.6 Å². The van der Waals surface area contributed by atoms with E-state index in [0.29, 0.717) is 17.8 Å². The fraction of sp³-hybridized carbons (Fsp3) is 0.500. The van der Waals surface area contributed by atoms with Crippen LogP contribution in [0.2, 0.25) is 0 Å². The largest absolute Gasteiger partial charge is 0.393 e. The monoisotopic (exact) mass is 340 g/mol. The van der Waals surface area contributed by atoms with Crippen molar-refractivity contribution in [3.05, 3.63) is 35.8 Å². The molecule has 2 aromatic rings. The predicted octanol–water partition coefficient (Wildman–Crippen LogP) is 2.11. The zero-order chi connectivity index (χ0) is 17.5. The molecule has 0 aliphatic carbocycles. The molecule has 1 saturated heterocycles. The highest BCUT2D eigenvalue weighted by Crippen LogP contribution is 2.37. The minimum absolute atomic E-state index is 0.0191. The summed E-state index contributed by atoms with van der Waals surface area (Å²) in [5, 5.41) is 0. The molecule has 0 spiro atoms. The predicted molar refractivity (Wildman–Crippen MR) is 82.6 cm³/mol. The summed E-state index contributed by atoms with van der Waals surface area (Å²) in [6, 6.07) is 5.06. The number of fused-ring (bicyclic) bond motifs is 1. The molecule has 1 amide bonds. The minimum atomic E-state index is -4.35. The lowest BCUT2D eigenvalue weighted by molar-refractivity contribution is -0.179. The van der Waals surface area contributed by atoms with Crippen molar-refractivity contribution in [2.45, 2.75) is 19.5 Å². The molecular weight excluding hydrogens is 321 g/mol. The summed E-state index contributed by atoms with van der Waals surface area (Å²) in [7, 11) is 0. The number of hydrogen-bond acceptors (Lipinski definition) is 3. The Balaban J connectivity index is 1.91. The van der Waals surface area contributed by atoms with Crippen LogP contribution in [0.15, 0.2) is 24.4 Å². The number of aromatic nitrogens is 2. The van der Waals surface area contributed by atoms with Crippen LogP contribution in [0.4, 0.5) is 13.2 Å². The molecule has 24 heavy (non-hydrogen) atoms. The highest BCUT2D eigenvalue weighted by molar-refractivity contribution is 5.93. The fourth-order valence-electron chi connectivity index (χ4n) is 3.21. The molecule has 2 aromatic heterocycles. The second kappa shape index (κ2) is 6.08. The molecule has 2 unspecified atom stereocenters. The maximum atomic E-state index is 13.1. The summed E-state index contributed by atoms with van der Waals surface area (Å²) in [5.41, 5.74) is 7.23. The zero-order valence-corrected chi connectivity index (χ0v) is 13.3. The van der Waals surface area contributed by atoms with Crippen LogP contribution in [0.1, 0.15) is 23.1 Å². The Bertz CT molecular complexity index is 755. The van der Waals surface area contributed by atoms with Gasteiger partial charge in [0.25, 0.3) is 5.91 Å². The quantitative estimate of drug-likeness (QED) is 0.931. The third kappa shape index (κ3) is 2.86. The van der Waals surface area contributed by atoms with Crippen molar-refractivity contribution < 1.29 is 18.0 Å². The molecule has 3 heterocycles. The molecule has 0 aromatic carbocycles. The number of carbonyl (C=O) groups is 1. The first-order chi connectivity index (χ1) is 11.3. The number of amides is 1. The number of hydrogen-bond donors (Lipinski definition) is 1. The molecule has 8 heteroatoms. The first-order valence-electron chi connectivity index (χ1n) is 7.88. The van der Waals surface area contributed by atoms with Gasteiger partial charge in [-0.15, -0.1) is 0 Å². The van der Waals surface area contributed by atoms with Crippen LogP contribution >= 0.6 is 0 Å². The highest BCUT2D eigenvalue weighted by atomic mass is 19.4. The van der Waals surface area contributed by atoms with Crippen LogP contribution in [-0.2, 0) is 6.42 Å². The Morgan fingerprint density at radius 1 is 1.38 bits per heavy atom. The van der Waals surface area contributed by atoms with Gasteiger partial charge in [0.1, 0.15) is 11.3 Å². The van der Waals surface area contributed by atoms with Crippen LogP contribution in [0, 0.1) is 11.8 Å². The van der Waals surface area contributed by atoms with Crippen molar-refractivity contribution in [1.29, 1.82) is 0 Å². The summed E-state index contributed by atoms with van der Waals surface area (Å²) in [6.45, 7) is 1.52. The second-order valence-electron chi connectivity index (χ2n) is 6.08. The molecule has 2 N–H and O–H groups in total. The van der Waals surface area contributed by atoms with Crippen LogP contribution in [0.3, 0.4) is 0 Å². The van der Waals surface area contributed by atoms with Crippen LogP contribution in [0.25, 0.3) is 5.65 Å². The lowest BCUT2D eigenvalue weighted by Gasteiger charge is -2.19. The lowest BCUT2D eigenvalue weighted by atomic mass is 9.96. The Kier molecular flexibility index (Phi) is 4.25. The molecule has 5 nitrogen and oxygen atoms in total. The molecule has 1 fully saturated rings. The van der Waals surface area contributed by atoms with Gasteiger partial charge < -0.3 is 10.6 Å². The number of nitrogens with zero attached hydrogens (tertiary/aromatic N) is 3. The van der Waals surface area contributed by atoms with Crippen molar-refractivity contribution in [1.82, 2.24) is 14.3 Å². The lowest BCUT2D eigenvalue weighted by Crippen LogP contribution is -2.34. The van der Waals surface area contributed by atoms with E-state index in [1.807, 2.05) is 6.92 Å². The maximum Gasteiger partial charge on any atom is 0.393 e. The van der Waals surface area contributed by atoms with Crippen molar-refractivity contribution in [3.8, 4) is 0 Å². The number of pyridine rings is 1. The van der Waals surface area contributed by atoms with Gasteiger partial charge in [-0.05, 0) is 25.1 Å². The number of rotatable bonds is 3. The van der Waals surface area contributed by atoms with E-state index >= 15 is 0 Å². The van der Waals surface area contributed by atoms with Crippen LogP contribution in [-0.4, -0.2) is 46.0 Å². The van der Waals surface area contributed by atoms with Gasteiger partial charge in [-0.3, -0.25) is 9.20 Å². The molecule has 0 bridgehead atoms. The number of likely N-dealkylation sites (tertiary alicyclic amines) is 1. The Morgan fingerprint density at radius 2 is 2.12 bits per heavy atom. The molecule has 2 atom stereocenters. The Hall–Kier alpha value is -2.09. The van der Waals surface area contributed by atoms with Gasteiger partial charge in [-0.25, -0.2) is 4.98 Å². The van der Waals surface area contributed by atoms with Gasteiger partial charge in [0.2, 0.25) is 0 Å². The van der Waals surface area contributed by atoms with Gasteiger partial charge in [-0.2, -0.15) is 13.2 Å². The normalized spacial score (nSPS) is 21.6. The average molecular weight is 340 g/mol. The van der Waals surface area contributed by atoms with Crippen molar-refractivity contribution in [2.75, 3.05) is 19.6 Å². The third-order valence-corrected chi connectivity index (χ3v) is 4.57. The van der Waals surface area contributed by atoms with E-state index in [4.69, 9.17) is 5.73 Å². The van der Waals surface area contributed by atoms with E-state index in [1.165, 1.54) is 4.90 Å². The molecule has 3 rings (SSSR count). The number of nitrogens with two attached hydrogens (primary N) is 1. The molecular formula is C16H19F3N4O. The molecule has 130 valence electrons. The molecule has 1 aliphatic heterocycles. The number of alkyl halides is 3. The zero-order valence-electron chi connectivity index (χ0n) is 13.3. The van der Waals surface area contributed by atoms with Gasteiger partial charge >= 0.3 is 6.18 Å². The van der Waals surface area contributed by atoms with Crippen LogP contribution < -0.4 is 5.73 Å². The summed E-state index contributed by atoms with van der Waals surface area (Å²) in [5.74, 6) is -2.76. The number of halogens is 3. The third-order valence-electron chi connectivity index (χ3n) is 4.57. The number of imidazole rings is 1. The number of aryl methyl sites for hydroxylation is 1. The van der Waals surface area contributed by atoms with Crippen molar-refractivity contribution >= 4 is 11.6 Å². The highest BCUT2D eigenvalue weighted by Gasteiger charge is 2.50. The van der Waals surface area contributed by atoms with E-state index < -0.39 is 23.9 Å². The summed E-state index contributed by atoms with van der Waals surface area (Å²) < 4.78 is 41.0. The first kappa shape index (κ1) is 16.8. The smallest absolute Gasteiger partial charge is 0.336 e. The molecule has 0 saturated carbocycles. The standard InChI is InChI=1S/C16H19F3N4O/c1-2-11-8-23-13(4-3-5-14(23)21-11)15(24)22-7-10(6-20)12(9-22)16(17,18)19/h3-5,8,10,12H,2,6-7,9,20H2,1H3. The Labute approximate surface area is 137 Å². The van der Waals surface area contributed by atoms with E-state index in [1.54, 1.807) is 28.8 Å². The Morgan fingerprint density at radius 3 is 2.71 bits per heavy atom. The molecule has 0 radical (unpaired) electrons. The van der Waals surface area contributed by atoms with Gasteiger partial charge in [0, 0.05) is 25.2 Å². The summed E-state index contributed by atoms with van der Waals surface area (Å²) in [6.07, 6.45) is -1.89. The minimum Gasteiger partial charge on any atom is -0.336 e. The van der Waals surface area contributed by atoms with Crippen molar-refractivity contribution in [2.24, 2.45) is 17.6 Å². The van der Waals surface area contributed by atoms with E-state index in [-0.39, 0.29) is 19.6 Å². The first-order valence-corrected chi connectivity index (χ1v) is 7.88. The fourth-order valence-corrected chi connectivity index (χ4v) is 3.21. The maximum absolute atomic E-state index is 13.1. The second-order valence-corrected chi connectivity index (χ2v) is 6.08. The summed E-state index contributed by atoms with van der Waals surface area (Å²) in [4.78, 5) is 18.4. The molecule has 1 aliphatic rings. The van der Waals surface area contributed by atoms with Gasteiger partial charge in [-0.1, -0.05) is 13.0 Å². The van der Waals surface area contributed by atoms with E-state index in [2.05, 4.69) is 4.98 Å². The SMILES string of the molecule is CCc1cn2c(C(=O)N3CC(CN)C(C(F)(F)F)C3)cccc2n1. The van der Waals surface area contributed by atoms with Gasteiger partial charge in [0.15, 0.2) is 0 Å². The number of carbonyl (C=O) groups excluding carboxylic acids is 1. The topological polar surface area (TPSA) is 63.6 Å². The van der Waals surface area contributed by atoms with Crippen LogP contribution in [0.5, 0.6) is 0 Å². The van der Waals surface area contributed by atoms with E-state index in [0.717, 1.165) is 5.69 Å². The summed E-state index contributed by atoms with van der Waals surface area (Å²) >= 11 is 0. The van der Waals surface area contributed by atoms with Crippen molar-refractivity contribution in [3.63, 3.8) is 0 Å².